The number of hydrogen-bond acceptors (Lipinski definition) is 2. The van der Waals surface area contributed by atoms with Crippen LogP contribution in [0.2, 0.25) is 0 Å². The van der Waals surface area contributed by atoms with Crippen molar-refractivity contribution >= 4 is 17.6 Å². The lowest BCUT2D eigenvalue weighted by Crippen LogP contribution is -2.39. The Morgan fingerprint density at radius 2 is 1.69 bits per heavy atom. The predicted octanol–water partition coefficient (Wildman–Crippen LogP) is 2.60. The summed E-state index contributed by atoms with van der Waals surface area (Å²) in [5, 5.41) is 8.03. The van der Waals surface area contributed by atoms with Gasteiger partial charge in [0.05, 0.1) is 0 Å². The number of carbonyl (C=O) groups is 1. The highest BCUT2D eigenvalue weighted by molar-refractivity contribution is 6.17. The molecule has 4 N–H and O–H groups in total. The normalized spacial score (nSPS) is 18.1. The van der Waals surface area contributed by atoms with E-state index in [-0.39, 0.29) is 24.9 Å². The summed E-state index contributed by atoms with van der Waals surface area (Å²) in [6.07, 6.45) is -11.3. The molecule has 16 heavy (non-hydrogen) atoms. The summed E-state index contributed by atoms with van der Waals surface area (Å²) in [4.78, 5) is 9.96. The van der Waals surface area contributed by atoms with Gasteiger partial charge < -0.3 is 11.3 Å². The Labute approximate surface area is 95.4 Å². The first-order valence-corrected chi connectivity index (χ1v) is 4.80. The number of carboxylic acid groups (broad SMARTS) is 1. The summed E-state index contributed by atoms with van der Waals surface area (Å²) in [6, 6.07) is 0. The number of carboxylic acids is 1. The number of alkyl halides is 5. The highest BCUT2D eigenvalue weighted by Crippen LogP contribution is 2.20. The van der Waals surface area contributed by atoms with Gasteiger partial charge in [0, 0.05) is 5.88 Å². The molecule has 0 heterocycles. The molecule has 0 aromatic carbocycles. The first kappa shape index (κ1) is 17.8. The minimum absolute atomic E-state index is 0. The number of aliphatic carboxylic acids is 1. The highest BCUT2D eigenvalue weighted by Gasteiger charge is 2.39. The minimum atomic E-state index is -3.05. The fraction of sp³-hybridized carbons (Fsp3) is 0.875. The molecule has 4 atom stereocenters. The van der Waals surface area contributed by atoms with Gasteiger partial charge in [0.1, 0.15) is 6.17 Å². The van der Waals surface area contributed by atoms with Crippen LogP contribution in [0.3, 0.4) is 0 Å². The van der Waals surface area contributed by atoms with E-state index in [1.807, 2.05) is 0 Å². The second-order valence-corrected chi connectivity index (χ2v) is 3.35. The molecule has 0 spiro atoms. The Kier molecular flexibility index (Phi) is 9.55. The van der Waals surface area contributed by atoms with Crippen LogP contribution in [0.1, 0.15) is 12.8 Å². The quantitative estimate of drug-likeness (QED) is 0.550. The molecule has 4 unspecified atom stereocenters. The third-order valence-corrected chi connectivity index (χ3v) is 2.05. The Balaban J connectivity index is 0. The van der Waals surface area contributed by atoms with Gasteiger partial charge in [-0.2, -0.15) is 0 Å². The third-order valence-electron chi connectivity index (χ3n) is 1.78. The van der Waals surface area contributed by atoms with Gasteiger partial charge in [-0.25, -0.2) is 22.4 Å². The summed E-state index contributed by atoms with van der Waals surface area (Å²) >= 11 is 5.19. The van der Waals surface area contributed by atoms with Crippen LogP contribution < -0.4 is 6.15 Å². The summed E-state index contributed by atoms with van der Waals surface area (Å²) in [6.45, 7) is 0. The van der Waals surface area contributed by atoms with Crippen molar-refractivity contribution < 1.29 is 27.5 Å². The molecule has 0 saturated carbocycles. The van der Waals surface area contributed by atoms with Crippen molar-refractivity contribution in [2.75, 3.05) is 5.88 Å². The van der Waals surface area contributed by atoms with Crippen LogP contribution in [0.4, 0.5) is 17.6 Å². The summed E-state index contributed by atoms with van der Waals surface area (Å²) in [5.74, 6) is -2.07. The maximum absolute atomic E-state index is 12.8. The molecule has 3 nitrogen and oxygen atoms in total. The molecule has 0 amide bonds. The zero-order valence-electron chi connectivity index (χ0n) is 8.38. The zero-order chi connectivity index (χ0) is 12.0. The molecule has 0 radical (unpaired) electrons. The first-order chi connectivity index (χ1) is 6.91. The van der Waals surface area contributed by atoms with E-state index >= 15 is 0 Å². The lowest BCUT2D eigenvalue weighted by molar-refractivity contribution is -0.147. The van der Waals surface area contributed by atoms with Gasteiger partial charge in [0.2, 0.25) is 6.17 Å². The van der Waals surface area contributed by atoms with E-state index in [4.69, 9.17) is 16.7 Å². The maximum atomic E-state index is 12.8. The lowest BCUT2D eigenvalue weighted by Gasteiger charge is -2.17. The fourth-order valence-electron chi connectivity index (χ4n) is 0.928. The summed E-state index contributed by atoms with van der Waals surface area (Å²) in [5.41, 5.74) is 0. The van der Waals surface area contributed by atoms with Crippen LogP contribution >= 0.6 is 11.6 Å². The molecule has 0 aromatic heterocycles. The smallest absolute Gasteiger partial charge is 0.341 e. The Morgan fingerprint density at radius 1 is 1.19 bits per heavy atom. The second kappa shape index (κ2) is 8.58. The van der Waals surface area contributed by atoms with Gasteiger partial charge in [0.25, 0.3) is 0 Å². The van der Waals surface area contributed by atoms with E-state index in [9.17, 15) is 22.4 Å². The van der Waals surface area contributed by atoms with Gasteiger partial charge in [-0.3, -0.25) is 0 Å². The van der Waals surface area contributed by atoms with Crippen molar-refractivity contribution in [1.29, 1.82) is 0 Å². The van der Waals surface area contributed by atoms with Gasteiger partial charge >= 0.3 is 5.97 Å². The topological polar surface area (TPSA) is 72.3 Å². The second-order valence-electron chi connectivity index (χ2n) is 2.98. The summed E-state index contributed by atoms with van der Waals surface area (Å²) in [7, 11) is 0. The molecule has 0 bridgehead atoms. The molecule has 8 heteroatoms. The molecule has 0 fully saturated rings. The van der Waals surface area contributed by atoms with Crippen molar-refractivity contribution in [1.82, 2.24) is 6.15 Å². The van der Waals surface area contributed by atoms with E-state index in [2.05, 4.69) is 0 Å². The largest absolute Gasteiger partial charge is 0.479 e. The standard InChI is InChI=1S/C8H11ClF4O2.H3N/c9-3-1-2-4(10)5(11)6(12)7(13)8(14)15;/h4-7H,1-3H2,(H,14,15);1H3. The molecule has 0 aliphatic carbocycles. The van der Waals surface area contributed by atoms with Gasteiger partial charge in [-0.15, -0.1) is 11.6 Å². The highest BCUT2D eigenvalue weighted by atomic mass is 35.5. The Bertz CT molecular complexity index is 210. The van der Waals surface area contributed by atoms with Gasteiger partial charge in [-0.05, 0) is 12.8 Å². The average molecular weight is 268 g/mol. The van der Waals surface area contributed by atoms with E-state index in [1.54, 1.807) is 0 Å². The molecule has 0 aliphatic rings. The van der Waals surface area contributed by atoms with Crippen LogP contribution in [0.15, 0.2) is 0 Å². The third kappa shape index (κ3) is 5.50. The van der Waals surface area contributed by atoms with Crippen molar-refractivity contribution in [2.24, 2.45) is 0 Å². The van der Waals surface area contributed by atoms with E-state index in [0.29, 0.717) is 0 Å². The molecule has 0 aromatic rings. The number of halogens is 5. The number of hydrogen-bond donors (Lipinski definition) is 2. The van der Waals surface area contributed by atoms with E-state index in [0.717, 1.165) is 0 Å². The summed E-state index contributed by atoms with van der Waals surface area (Å²) < 4.78 is 50.8. The molecule has 98 valence electrons. The van der Waals surface area contributed by atoms with Crippen LogP contribution in [-0.4, -0.2) is 41.6 Å². The Hall–Kier alpha value is -0.560. The van der Waals surface area contributed by atoms with Crippen LogP contribution in [0.25, 0.3) is 0 Å². The molecule has 0 saturated heterocycles. The van der Waals surface area contributed by atoms with E-state index in [1.165, 1.54) is 0 Å². The molecule has 0 aliphatic heterocycles. The van der Waals surface area contributed by atoms with Gasteiger partial charge in [0.15, 0.2) is 12.3 Å². The van der Waals surface area contributed by atoms with Crippen molar-refractivity contribution in [3.05, 3.63) is 0 Å². The van der Waals surface area contributed by atoms with E-state index < -0.39 is 30.7 Å². The first-order valence-electron chi connectivity index (χ1n) is 4.26. The lowest BCUT2D eigenvalue weighted by atomic mass is 10.0. The van der Waals surface area contributed by atoms with Crippen LogP contribution in [0.5, 0.6) is 0 Å². The SMILES string of the molecule is N.O=C(O)C(F)C(F)C(F)C(F)CCCCl. The molecule has 0 rings (SSSR count). The predicted molar refractivity (Wildman–Crippen MR) is 52.2 cm³/mol. The minimum Gasteiger partial charge on any atom is -0.479 e. The number of rotatable bonds is 7. The molecular formula is C8H14ClF4NO2. The van der Waals surface area contributed by atoms with Gasteiger partial charge in [-0.1, -0.05) is 0 Å². The van der Waals surface area contributed by atoms with Crippen molar-refractivity contribution in [3.63, 3.8) is 0 Å². The monoisotopic (exact) mass is 267 g/mol. The molecular weight excluding hydrogens is 254 g/mol. The Morgan fingerprint density at radius 3 is 2.06 bits per heavy atom. The van der Waals surface area contributed by atoms with Crippen molar-refractivity contribution in [2.45, 2.75) is 37.5 Å². The maximum Gasteiger partial charge on any atom is 0.341 e. The zero-order valence-corrected chi connectivity index (χ0v) is 9.14. The van der Waals surface area contributed by atoms with Crippen molar-refractivity contribution in [3.8, 4) is 0 Å². The fourth-order valence-corrected chi connectivity index (χ4v) is 1.08. The average Bonchev–Trinajstić information content (AvgIpc) is 2.22. The van der Waals surface area contributed by atoms with Crippen LogP contribution in [0, 0.1) is 0 Å². The van der Waals surface area contributed by atoms with Crippen LogP contribution in [-0.2, 0) is 4.79 Å².